The van der Waals surface area contributed by atoms with Crippen LogP contribution in [0.25, 0.3) is 0 Å². The second-order valence-corrected chi connectivity index (χ2v) is 4.22. The van der Waals surface area contributed by atoms with Crippen molar-refractivity contribution in [3.05, 3.63) is 35.9 Å². The highest BCUT2D eigenvalue weighted by Crippen LogP contribution is 2.21. The number of methoxy groups -OCH3 is 1. The molecule has 1 unspecified atom stereocenters. The van der Waals surface area contributed by atoms with E-state index in [4.69, 9.17) is 9.47 Å². The van der Waals surface area contributed by atoms with Gasteiger partial charge in [-0.05, 0) is 5.56 Å². The quantitative estimate of drug-likeness (QED) is 0.844. The molecule has 1 aliphatic rings. The van der Waals surface area contributed by atoms with Crippen LogP contribution in [0.5, 0.6) is 0 Å². The van der Waals surface area contributed by atoms with Crippen molar-refractivity contribution in [3.8, 4) is 0 Å². The second-order valence-electron chi connectivity index (χ2n) is 4.22. The smallest absolute Gasteiger partial charge is 0.328 e. The van der Waals surface area contributed by atoms with Crippen molar-refractivity contribution in [1.82, 2.24) is 5.32 Å². The molecule has 1 aromatic carbocycles. The monoisotopic (exact) mass is 271 g/mol. The summed E-state index contributed by atoms with van der Waals surface area (Å²) in [6, 6.07) is 9.97. The van der Waals surface area contributed by atoms with Crippen molar-refractivity contribution in [2.24, 2.45) is 0 Å². The Bertz CT molecular complexity index is 377. The lowest BCUT2D eigenvalue weighted by Crippen LogP contribution is -2.53. The van der Waals surface area contributed by atoms with Gasteiger partial charge in [-0.1, -0.05) is 30.3 Å². The fourth-order valence-corrected chi connectivity index (χ4v) is 2.00. The van der Waals surface area contributed by atoms with E-state index in [1.165, 1.54) is 7.11 Å². The van der Waals surface area contributed by atoms with Crippen molar-refractivity contribution < 1.29 is 14.3 Å². The molecular weight excluding hydrogens is 254 g/mol. The van der Waals surface area contributed by atoms with Crippen LogP contribution in [0, 0.1) is 0 Å². The summed E-state index contributed by atoms with van der Waals surface area (Å²) < 4.78 is 10.2. The second kappa shape index (κ2) is 6.73. The molecule has 100 valence electrons. The van der Waals surface area contributed by atoms with E-state index in [1.807, 2.05) is 30.3 Å². The first kappa shape index (κ1) is 15.0. The van der Waals surface area contributed by atoms with Gasteiger partial charge < -0.3 is 9.47 Å². The van der Waals surface area contributed by atoms with Crippen molar-refractivity contribution in [1.29, 1.82) is 0 Å². The third kappa shape index (κ3) is 3.22. The molecule has 0 aromatic heterocycles. The highest BCUT2D eigenvalue weighted by atomic mass is 35.5. The van der Waals surface area contributed by atoms with Gasteiger partial charge in [0, 0.05) is 19.6 Å². The zero-order valence-electron chi connectivity index (χ0n) is 10.3. The van der Waals surface area contributed by atoms with Gasteiger partial charge in [0.2, 0.25) is 0 Å². The predicted molar refractivity (Wildman–Crippen MR) is 70.7 cm³/mol. The lowest BCUT2D eigenvalue weighted by atomic mass is 9.98. The third-order valence-electron chi connectivity index (χ3n) is 3.07. The van der Waals surface area contributed by atoms with E-state index in [9.17, 15) is 4.79 Å². The summed E-state index contributed by atoms with van der Waals surface area (Å²) in [5, 5.41) is 3.26. The minimum Gasteiger partial charge on any atom is -0.468 e. The van der Waals surface area contributed by atoms with E-state index in [0.717, 1.165) is 5.56 Å². The van der Waals surface area contributed by atoms with Crippen molar-refractivity contribution >= 4 is 18.4 Å². The molecule has 4 nitrogen and oxygen atoms in total. The van der Waals surface area contributed by atoms with Gasteiger partial charge in [-0.15, -0.1) is 12.4 Å². The highest BCUT2D eigenvalue weighted by Gasteiger charge is 2.42. The molecule has 1 N–H and O–H groups in total. The number of hydrogen-bond acceptors (Lipinski definition) is 4. The van der Waals surface area contributed by atoms with Crippen LogP contribution >= 0.6 is 12.4 Å². The Morgan fingerprint density at radius 3 is 2.72 bits per heavy atom. The maximum absolute atomic E-state index is 11.8. The van der Waals surface area contributed by atoms with Crippen molar-refractivity contribution in [2.45, 2.75) is 18.5 Å². The Morgan fingerprint density at radius 2 is 2.17 bits per heavy atom. The van der Waals surface area contributed by atoms with Crippen LogP contribution in [-0.2, 0) is 20.8 Å². The largest absolute Gasteiger partial charge is 0.468 e. The molecule has 1 saturated heterocycles. The van der Waals surface area contributed by atoms with Gasteiger partial charge in [-0.2, -0.15) is 0 Å². The number of hydrogen-bond donors (Lipinski definition) is 1. The van der Waals surface area contributed by atoms with Crippen LogP contribution in [0.4, 0.5) is 0 Å². The minimum atomic E-state index is -0.676. The standard InChI is InChI=1S/C13H17NO3.ClH/c1-16-12(15)13(7-8-17-10-13)14-9-11-5-3-2-4-6-11;/h2-6,14H,7-10H2,1H3;1H. The lowest BCUT2D eigenvalue weighted by Gasteiger charge is -2.25. The molecule has 1 aliphatic heterocycles. The van der Waals surface area contributed by atoms with Gasteiger partial charge in [-0.3, -0.25) is 5.32 Å². The first-order chi connectivity index (χ1) is 8.27. The molecule has 18 heavy (non-hydrogen) atoms. The van der Waals surface area contributed by atoms with E-state index in [2.05, 4.69) is 5.32 Å². The first-order valence-electron chi connectivity index (χ1n) is 5.72. The third-order valence-corrected chi connectivity index (χ3v) is 3.07. The van der Waals surface area contributed by atoms with Crippen LogP contribution in [0.2, 0.25) is 0 Å². The van der Waals surface area contributed by atoms with Gasteiger partial charge in [0.15, 0.2) is 0 Å². The van der Waals surface area contributed by atoms with Crippen molar-refractivity contribution in [3.63, 3.8) is 0 Å². The fourth-order valence-electron chi connectivity index (χ4n) is 2.00. The van der Waals surface area contributed by atoms with Gasteiger partial charge in [0.25, 0.3) is 0 Å². The van der Waals surface area contributed by atoms with Crippen LogP contribution in [0.1, 0.15) is 12.0 Å². The number of carbonyl (C=O) groups excluding carboxylic acids is 1. The van der Waals surface area contributed by atoms with Crippen LogP contribution in [-0.4, -0.2) is 31.8 Å². The molecule has 5 heteroatoms. The topological polar surface area (TPSA) is 47.6 Å². The number of nitrogens with one attached hydrogen (secondary N) is 1. The van der Waals surface area contributed by atoms with Gasteiger partial charge in [0.1, 0.15) is 5.54 Å². The fraction of sp³-hybridized carbons (Fsp3) is 0.462. The van der Waals surface area contributed by atoms with E-state index in [0.29, 0.717) is 26.2 Å². The number of rotatable bonds is 4. The summed E-state index contributed by atoms with van der Waals surface area (Å²) in [4.78, 5) is 11.8. The normalized spacial score (nSPS) is 22.3. The molecular formula is C13H18ClNO3. The molecule has 1 aromatic rings. The molecule has 1 heterocycles. The number of ether oxygens (including phenoxy) is 2. The molecule has 0 aliphatic carbocycles. The molecule has 1 fully saturated rings. The summed E-state index contributed by atoms with van der Waals surface area (Å²) in [5.41, 5.74) is 0.465. The molecule has 0 spiro atoms. The number of carbonyl (C=O) groups is 1. The van der Waals surface area contributed by atoms with E-state index in [1.54, 1.807) is 0 Å². The van der Waals surface area contributed by atoms with Crippen molar-refractivity contribution in [2.75, 3.05) is 20.3 Å². The zero-order valence-corrected chi connectivity index (χ0v) is 11.2. The van der Waals surface area contributed by atoms with Crippen LogP contribution in [0.15, 0.2) is 30.3 Å². The summed E-state index contributed by atoms with van der Waals surface area (Å²) in [7, 11) is 1.41. The summed E-state index contributed by atoms with van der Waals surface area (Å²) in [6.07, 6.45) is 0.659. The maximum Gasteiger partial charge on any atom is 0.328 e. The summed E-state index contributed by atoms with van der Waals surface area (Å²) in [5.74, 6) is -0.245. The average molecular weight is 272 g/mol. The summed E-state index contributed by atoms with van der Waals surface area (Å²) >= 11 is 0. The number of halogens is 1. The van der Waals surface area contributed by atoms with E-state index < -0.39 is 5.54 Å². The number of esters is 1. The van der Waals surface area contributed by atoms with Gasteiger partial charge in [0.05, 0.1) is 13.7 Å². The molecule has 2 rings (SSSR count). The lowest BCUT2D eigenvalue weighted by molar-refractivity contribution is -0.148. The Hall–Kier alpha value is -1.10. The summed E-state index contributed by atoms with van der Waals surface area (Å²) in [6.45, 7) is 1.61. The van der Waals surface area contributed by atoms with Crippen LogP contribution in [0.3, 0.4) is 0 Å². The average Bonchev–Trinajstić information content (AvgIpc) is 2.87. The Labute approximate surface area is 113 Å². The predicted octanol–water partition coefficient (Wildman–Crippen LogP) is 1.53. The molecule has 0 radical (unpaired) electrons. The maximum atomic E-state index is 11.8. The van der Waals surface area contributed by atoms with Gasteiger partial charge >= 0.3 is 5.97 Å². The molecule has 0 saturated carbocycles. The highest BCUT2D eigenvalue weighted by molar-refractivity contribution is 5.85. The SMILES string of the molecule is COC(=O)C1(NCc2ccccc2)CCOC1.Cl. The number of benzene rings is 1. The molecule has 0 amide bonds. The molecule has 1 atom stereocenters. The Kier molecular flexibility index (Phi) is 5.59. The van der Waals surface area contributed by atoms with E-state index >= 15 is 0 Å². The zero-order chi connectivity index (χ0) is 12.1. The molecule has 0 bridgehead atoms. The van der Waals surface area contributed by atoms with E-state index in [-0.39, 0.29) is 18.4 Å². The minimum absolute atomic E-state index is 0. The van der Waals surface area contributed by atoms with Crippen LogP contribution < -0.4 is 5.32 Å². The Morgan fingerprint density at radius 1 is 1.44 bits per heavy atom. The van der Waals surface area contributed by atoms with Gasteiger partial charge in [-0.25, -0.2) is 4.79 Å². The Balaban J connectivity index is 0.00000162. The first-order valence-corrected chi connectivity index (χ1v) is 5.72.